The van der Waals surface area contributed by atoms with Crippen LogP contribution in [0.4, 0.5) is 0 Å². The first-order valence-electron chi connectivity index (χ1n) is 12.7. The lowest BCUT2D eigenvalue weighted by Gasteiger charge is -2.49. The third-order valence-corrected chi connectivity index (χ3v) is 8.11. The summed E-state index contributed by atoms with van der Waals surface area (Å²) in [5.74, 6) is -0.0519. The molecule has 39 heavy (non-hydrogen) atoms. The van der Waals surface area contributed by atoms with E-state index in [0.717, 1.165) is 12.1 Å². The summed E-state index contributed by atoms with van der Waals surface area (Å²) in [6.45, 7) is 2.60. The van der Waals surface area contributed by atoms with Crippen molar-refractivity contribution >= 4 is 22.5 Å². The standard InChI is InChI=1S/C28H30O11/c1-12-18(13(2)29)21(31)19-16(20(12)30)10-15(26(34)35)11-17(19)38-27-23(33)22(32)24-25(39-27)28(36)7-5-14(6-8-28)4-3-9-37-24/h10-11,14,22-25,27,30-33,36H,4-8H2,1-2H3,(H,34,35). The van der Waals surface area contributed by atoms with Crippen molar-refractivity contribution in [2.24, 2.45) is 5.92 Å². The number of phenolic OH excluding ortho intramolecular Hbond substituents is 2. The van der Waals surface area contributed by atoms with Gasteiger partial charge in [0.15, 0.2) is 11.9 Å². The number of hydrogen-bond acceptors (Lipinski definition) is 10. The number of benzene rings is 2. The summed E-state index contributed by atoms with van der Waals surface area (Å²) in [4.78, 5) is 24.1. The number of rotatable bonds is 4. The van der Waals surface area contributed by atoms with Crippen LogP contribution in [-0.4, -0.2) is 78.7 Å². The average molecular weight is 543 g/mol. The van der Waals surface area contributed by atoms with Crippen molar-refractivity contribution in [3.05, 3.63) is 28.8 Å². The number of ketones is 1. The molecule has 3 heterocycles. The zero-order valence-electron chi connectivity index (χ0n) is 21.4. The van der Waals surface area contributed by atoms with Gasteiger partial charge in [0.25, 0.3) is 0 Å². The minimum Gasteiger partial charge on any atom is -0.507 e. The molecule has 6 rings (SSSR count). The van der Waals surface area contributed by atoms with Crippen molar-refractivity contribution < 1.29 is 54.4 Å². The van der Waals surface area contributed by atoms with E-state index in [1.54, 1.807) is 0 Å². The van der Waals surface area contributed by atoms with E-state index >= 15 is 0 Å². The Kier molecular flexibility index (Phi) is 6.84. The zero-order valence-corrected chi connectivity index (χ0v) is 21.4. The number of carbonyl (C=O) groups excluding carboxylic acids is 1. The van der Waals surface area contributed by atoms with Gasteiger partial charge >= 0.3 is 5.97 Å². The Balaban J connectivity index is 1.61. The van der Waals surface area contributed by atoms with E-state index in [9.17, 15) is 40.2 Å². The maximum Gasteiger partial charge on any atom is 0.335 e. The molecule has 208 valence electrons. The number of aliphatic hydroxyl groups is 3. The quantitative estimate of drug-likeness (QED) is 0.189. The molecule has 4 aliphatic rings. The van der Waals surface area contributed by atoms with E-state index < -0.39 is 59.6 Å². The Morgan fingerprint density at radius 2 is 1.79 bits per heavy atom. The van der Waals surface area contributed by atoms with E-state index in [1.807, 2.05) is 0 Å². The predicted molar refractivity (Wildman–Crippen MR) is 134 cm³/mol. The fraction of sp³-hybridized carbons (Fsp3) is 0.500. The molecule has 0 radical (unpaired) electrons. The molecule has 6 N–H and O–H groups in total. The molecule has 1 aliphatic carbocycles. The zero-order chi connectivity index (χ0) is 28.2. The predicted octanol–water partition coefficient (Wildman–Crippen LogP) is 1.96. The highest BCUT2D eigenvalue weighted by Crippen LogP contribution is 2.46. The molecule has 2 fully saturated rings. The van der Waals surface area contributed by atoms with E-state index in [0.29, 0.717) is 32.1 Å². The van der Waals surface area contributed by atoms with E-state index in [-0.39, 0.29) is 39.1 Å². The fourth-order valence-corrected chi connectivity index (χ4v) is 5.90. The van der Waals surface area contributed by atoms with Crippen molar-refractivity contribution in [3.8, 4) is 29.3 Å². The number of ether oxygens (including phenoxy) is 3. The SMILES string of the molecule is CC(=O)c1c(C)c(O)c2cc(C(=O)O)cc(OC3OC4C(OC#CCC5CCC4(O)CC5)C(O)C3O)c2c1O. The Hall–Kier alpha value is -3.56. The van der Waals surface area contributed by atoms with E-state index in [2.05, 4.69) is 12.0 Å². The molecule has 2 aromatic carbocycles. The maximum atomic E-state index is 12.3. The highest BCUT2D eigenvalue weighted by Gasteiger charge is 2.56. The molecule has 0 amide bonds. The van der Waals surface area contributed by atoms with Crippen LogP contribution in [0.3, 0.4) is 0 Å². The highest BCUT2D eigenvalue weighted by atomic mass is 16.7. The van der Waals surface area contributed by atoms with Crippen molar-refractivity contribution in [2.45, 2.75) is 82.3 Å². The first-order chi connectivity index (χ1) is 18.4. The van der Waals surface area contributed by atoms with E-state index in [1.165, 1.54) is 13.8 Å². The van der Waals surface area contributed by atoms with Gasteiger partial charge in [-0.15, -0.1) is 0 Å². The summed E-state index contributed by atoms with van der Waals surface area (Å²) in [5, 5.41) is 64.7. The lowest BCUT2D eigenvalue weighted by atomic mass is 9.72. The Bertz CT molecular complexity index is 1400. The van der Waals surface area contributed by atoms with Crippen molar-refractivity contribution in [2.75, 3.05) is 0 Å². The van der Waals surface area contributed by atoms with Crippen LogP contribution >= 0.6 is 0 Å². The molecular formula is C28H30O11. The molecule has 11 nitrogen and oxygen atoms in total. The fourth-order valence-electron chi connectivity index (χ4n) is 5.90. The highest BCUT2D eigenvalue weighted by molar-refractivity contribution is 6.11. The van der Waals surface area contributed by atoms with Crippen molar-refractivity contribution in [1.29, 1.82) is 0 Å². The smallest absolute Gasteiger partial charge is 0.335 e. The third-order valence-electron chi connectivity index (χ3n) is 8.11. The second-order valence-corrected chi connectivity index (χ2v) is 10.6. The van der Waals surface area contributed by atoms with Crippen LogP contribution in [0.1, 0.15) is 65.3 Å². The number of hydrogen-bond donors (Lipinski definition) is 6. The molecular weight excluding hydrogens is 512 g/mol. The topological polar surface area (TPSA) is 183 Å². The van der Waals surface area contributed by atoms with Gasteiger partial charge < -0.3 is 44.8 Å². The molecule has 1 saturated heterocycles. The average Bonchev–Trinajstić information content (AvgIpc) is 2.89. The van der Waals surface area contributed by atoms with Gasteiger partial charge in [0.2, 0.25) is 6.29 Å². The number of aromatic carboxylic acids is 1. The van der Waals surface area contributed by atoms with Crippen LogP contribution in [0.5, 0.6) is 17.2 Å². The number of fused-ring (bicyclic) bond motifs is 5. The number of carbonyl (C=O) groups is 2. The van der Waals surface area contributed by atoms with Crippen LogP contribution in [-0.2, 0) is 9.47 Å². The monoisotopic (exact) mass is 542 g/mol. The van der Waals surface area contributed by atoms with Crippen LogP contribution in [0.2, 0.25) is 0 Å². The van der Waals surface area contributed by atoms with Crippen LogP contribution < -0.4 is 4.74 Å². The van der Waals surface area contributed by atoms with Crippen LogP contribution in [0.25, 0.3) is 10.8 Å². The lowest BCUT2D eigenvalue weighted by Crippen LogP contribution is -2.66. The summed E-state index contributed by atoms with van der Waals surface area (Å²) in [5.41, 5.74) is -1.89. The van der Waals surface area contributed by atoms with Crippen molar-refractivity contribution in [3.63, 3.8) is 0 Å². The minimum atomic E-state index is -1.74. The summed E-state index contributed by atoms with van der Waals surface area (Å²) in [7, 11) is 0. The molecule has 1 saturated carbocycles. The minimum absolute atomic E-state index is 0.0470. The summed E-state index contributed by atoms with van der Waals surface area (Å²) >= 11 is 0. The van der Waals surface area contributed by atoms with Crippen LogP contribution in [0.15, 0.2) is 12.1 Å². The Labute approximate surface area is 223 Å². The molecule has 0 spiro atoms. The molecule has 2 bridgehead atoms. The molecule has 5 atom stereocenters. The molecule has 2 aromatic rings. The molecule has 3 aliphatic heterocycles. The van der Waals surface area contributed by atoms with Gasteiger partial charge in [-0.2, -0.15) is 0 Å². The molecule has 5 unspecified atom stereocenters. The number of phenols is 2. The number of aromatic hydroxyl groups is 2. The number of Topliss-reactive ketones (excluding diaryl/α,β-unsaturated/α-hetero) is 1. The van der Waals surface area contributed by atoms with Gasteiger partial charge in [-0.25, -0.2) is 4.79 Å². The van der Waals surface area contributed by atoms with Gasteiger partial charge in [0.05, 0.1) is 22.1 Å². The molecule has 11 heteroatoms. The van der Waals surface area contributed by atoms with Gasteiger partial charge in [-0.3, -0.25) is 4.79 Å². The van der Waals surface area contributed by atoms with Gasteiger partial charge in [-0.1, -0.05) is 5.92 Å². The van der Waals surface area contributed by atoms with Gasteiger partial charge in [0.1, 0.15) is 41.7 Å². The summed E-state index contributed by atoms with van der Waals surface area (Å²) in [6, 6.07) is 2.17. The normalized spacial score (nSPS) is 31.9. The maximum absolute atomic E-state index is 12.3. The number of carboxylic acid groups (broad SMARTS) is 1. The first kappa shape index (κ1) is 27.0. The second-order valence-electron chi connectivity index (χ2n) is 10.6. The Morgan fingerprint density at radius 3 is 2.44 bits per heavy atom. The summed E-state index contributed by atoms with van der Waals surface area (Å²) in [6.07, 6.45) is -2.23. The van der Waals surface area contributed by atoms with Crippen molar-refractivity contribution in [1.82, 2.24) is 0 Å². The van der Waals surface area contributed by atoms with E-state index in [4.69, 9.17) is 14.2 Å². The number of aliphatic hydroxyl groups excluding tert-OH is 2. The second kappa shape index (κ2) is 9.88. The summed E-state index contributed by atoms with van der Waals surface area (Å²) < 4.78 is 17.5. The lowest BCUT2D eigenvalue weighted by molar-refractivity contribution is -0.308. The largest absolute Gasteiger partial charge is 0.507 e. The van der Waals surface area contributed by atoms with Gasteiger partial charge in [0, 0.05) is 17.4 Å². The Morgan fingerprint density at radius 1 is 1.10 bits per heavy atom. The third kappa shape index (κ3) is 4.53. The van der Waals surface area contributed by atoms with Crippen LogP contribution in [0, 0.1) is 24.9 Å². The number of carboxylic acids is 1. The molecule has 0 aromatic heterocycles. The first-order valence-corrected chi connectivity index (χ1v) is 12.7. The van der Waals surface area contributed by atoms with Gasteiger partial charge in [-0.05, 0) is 57.6 Å².